The zero-order valence-electron chi connectivity index (χ0n) is 9.81. The predicted octanol–water partition coefficient (Wildman–Crippen LogP) is 1.76. The molecule has 14 heavy (non-hydrogen) atoms. The minimum atomic E-state index is -0.0495. The molecule has 1 amide bonds. The lowest BCUT2D eigenvalue weighted by atomic mass is 9.92. The van der Waals surface area contributed by atoms with E-state index in [9.17, 15) is 9.59 Å². The van der Waals surface area contributed by atoms with Crippen LogP contribution in [-0.2, 0) is 9.59 Å². The second-order valence-corrected chi connectivity index (χ2v) is 5.14. The number of hydrogen-bond donors (Lipinski definition) is 1. The Kier molecular flexibility index (Phi) is 4.81. The highest BCUT2D eigenvalue weighted by molar-refractivity contribution is 5.87. The second kappa shape index (κ2) is 5.13. The molecule has 0 aliphatic rings. The van der Waals surface area contributed by atoms with Crippen LogP contribution in [0.4, 0.5) is 0 Å². The van der Waals surface area contributed by atoms with Crippen LogP contribution in [0.1, 0.15) is 41.0 Å². The van der Waals surface area contributed by atoms with E-state index in [1.54, 1.807) is 0 Å². The Morgan fingerprint density at radius 2 is 1.71 bits per heavy atom. The van der Waals surface area contributed by atoms with Gasteiger partial charge in [-0.1, -0.05) is 34.6 Å². The number of rotatable bonds is 4. The number of amides is 1. The van der Waals surface area contributed by atoms with Crippen molar-refractivity contribution in [3.05, 3.63) is 0 Å². The van der Waals surface area contributed by atoms with Gasteiger partial charge in [0.15, 0.2) is 5.78 Å². The van der Waals surface area contributed by atoms with Crippen molar-refractivity contribution in [1.82, 2.24) is 5.32 Å². The highest BCUT2D eigenvalue weighted by atomic mass is 16.2. The Morgan fingerprint density at radius 3 is 2.07 bits per heavy atom. The number of carbonyl (C=O) groups excluding carboxylic acids is 2. The van der Waals surface area contributed by atoms with Crippen molar-refractivity contribution in [2.24, 2.45) is 11.3 Å². The molecule has 0 spiro atoms. The Hall–Kier alpha value is -0.860. The highest BCUT2D eigenvalue weighted by Crippen LogP contribution is 2.17. The van der Waals surface area contributed by atoms with Crippen LogP contribution in [0.15, 0.2) is 0 Å². The topological polar surface area (TPSA) is 46.2 Å². The lowest BCUT2D eigenvalue weighted by Crippen LogP contribution is -2.33. The molecule has 0 rings (SSSR count). The molecule has 3 nitrogen and oxygen atoms in total. The maximum Gasteiger partial charge on any atom is 0.220 e. The molecule has 0 heterocycles. The van der Waals surface area contributed by atoms with Crippen molar-refractivity contribution < 1.29 is 9.59 Å². The van der Waals surface area contributed by atoms with Gasteiger partial charge in [0.1, 0.15) is 0 Å². The Morgan fingerprint density at radius 1 is 1.21 bits per heavy atom. The largest absolute Gasteiger partial charge is 0.349 e. The normalized spacial score (nSPS) is 11.6. The third kappa shape index (κ3) is 6.63. The summed E-state index contributed by atoms with van der Waals surface area (Å²) in [6.07, 6.45) is 0.457. The molecule has 3 heteroatoms. The fraction of sp³-hybridized carbons (Fsp3) is 0.818. The molecular formula is C11H21NO2. The average molecular weight is 199 g/mol. The van der Waals surface area contributed by atoms with Crippen LogP contribution in [0.2, 0.25) is 0 Å². The standard InChI is InChI=1S/C11H21NO2/c1-8(2)9(13)7-12-10(14)6-11(3,4)5/h8H,6-7H2,1-5H3,(H,12,14). The summed E-state index contributed by atoms with van der Waals surface area (Å²) in [7, 11) is 0. The van der Waals surface area contributed by atoms with E-state index in [-0.39, 0.29) is 29.6 Å². The van der Waals surface area contributed by atoms with Crippen LogP contribution < -0.4 is 5.32 Å². The van der Waals surface area contributed by atoms with E-state index in [2.05, 4.69) is 5.32 Å². The Labute approximate surface area is 86.3 Å². The molecule has 0 aromatic rings. The van der Waals surface area contributed by atoms with Gasteiger partial charge in [0, 0.05) is 12.3 Å². The molecule has 0 bridgehead atoms. The molecule has 82 valence electrons. The first kappa shape index (κ1) is 13.1. The van der Waals surface area contributed by atoms with E-state index in [1.165, 1.54) is 0 Å². The fourth-order valence-corrected chi connectivity index (χ4v) is 0.934. The molecule has 0 saturated carbocycles. The zero-order chi connectivity index (χ0) is 11.4. The Bertz CT molecular complexity index is 214. The summed E-state index contributed by atoms with van der Waals surface area (Å²) < 4.78 is 0. The predicted molar refractivity (Wildman–Crippen MR) is 56.9 cm³/mol. The van der Waals surface area contributed by atoms with E-state index in [0.717, 1.165) is 0 Å². The maximum atomic E-state index is 11.3. The van der Waals surface area contributed by atoms with Crippen LogP contribution in [0.5, 0.6) is 0 Å². The number of ketones is 1. The molecule has 0 aliphatic heterocycles. The van der Waals surface area contributed by atoms with Crippen molar-refractivity contribution in [3.63, 3.8) is 0 Å². The van der Waals surface area contributed by atoms with Gasteiger partial charge >= 0.3 is 0 Å². The third-order valence-electron chi connectivity index (χ3n) is 1.79. The Balaban J connectivity index is 3.81. The summed E-state index contributed by atoms with van der Waals surface area (Å²) >= 11 is 0. The van der Waals surface area contributed by atoms with Crippen LogP contribution in [-0.4, -0.2) is 18.2 Å². The van der Waals surface area contributed by atoms with E-state index >= 15 is 0 Å². The van der Waals surface area contributed by atoms with Gasteiger partial charge < -0.3 is 5.32 Å². The lowest BCUT2D eigenvalue weighted by molar-refractivity contribution is -0.127. The molecular weight excluding hydrogens is 178 g/mol. The molecule has 0 fully saturated rings. The van der Waals surface area contributed by atoms with Crippen molar-refractivity contribution >= 4 is 11.7 Å². The monoisotopic (exact) mass is 199 g/mol. The van der Waals surface area contributed by atoms with Crippen LogP contribution in [0.3, 0.4) is 0 Å². The van der Waals surface area contributed by atoms with Crippen molar-refractivity contribution in [1.29, 1.82) is 0 Å². The molecule has 0 atom stereocenters. The minimum absolute atomic E-state index is 0.00932. The molecule has 1 N–H and O–H groups in total. The fourth-order valence-electron chi connectivity index (χ4n) is 0.934. The van der Waals surface area contributed by atoms with Gasteiger partial charge in [-0.15, -0.1) is 0 Å². The molecule has 0 saturated heterocycles. The summed E-state index contributed by atoms with van der Waals surface area (Å²) in [5.41, 5.74) is -0.0229. The summed E-state index contributed by atoms with van der Waals surface area (Å²) in [5, 5.41) is 2.63. The minimum Gasteiger partial charge on any atom is -0.349 e. The summed E-state index contributed by atoms with van der Waals surface area (Å²) in [4.78, 5) is 22.5. The number of Topliss-reactive ketones (excluding diaryl/α,β-unsaturated/α-hetero) is 1. The third-order valence-corrected chi connectivity index (χ3v) is 1.79. The first-order chi connectivity index (χ1) is 6.22. The second-order valence-electron chi connectivity index (χ2n) is 5.14. The van der Waals surface area contributed by atoms with Crippen LogP contribution in [0, 0.1) is 11.3 Å². The van der Waals surface area contributed by atoms with Gasteiger partial charge in [-0.3, -0.25) is 9.59 Å². The highest BCUT2D eigenvalue weighted by Gasteiger charge is 2.16. The SMILES string of the molecule is CC(C)C(=O)CNC(=O)CC(C)(C)C. The van der Waals surface area contributed by atoms with Gasteiger partial charge in [0.05, 0.1) is 6.54 Å². The first-order valence-electron chi connectivity index (χ1n) is 5.02. The zero-order valence-corrected chi connectivity index (χ0v) is 9.81. The van der Waals surface area contributed by atoms with Gasteiger partial charge in [-0.2, -0.15) is 0 Å². The maximum absolute atomic E-state index is 11.3. The van der Waals surface area contributed by atoms with Gasteiger partial charge in [-0.05, 0) is 5.41 Å². The quantitative estimate of drug-likeness (QED) is 0.750. The van der Waals surface area contributed by atoms with E-state index in [1.807, 2.05) is 34.6 Å². The van der Waals surface area contributed by atoms with Gasteiger partial charge in [-0.25, -0.2) is 0 Å². The summed E-state index contributed by atoms with van der Waals surface area (Å²) in [6, 6.07) is 0. The average Bonchev–Trinajstić information content (AvgIpc) is 1.96. The van der Waals surface area contributed by atoms with Crippen molar-refractivity contribution in [2.75, 3.05) is 6.54 Å². The molecule has 0 radical (unpaired) electrons. The van der Waals surface area contributed by atoms with Crippen LogP contribution in [0.25, 0.3) is 0 Å². The van der Waals surface area contributed by atoms with Gasteiger partial charge in [0.2, 0.25) is 5.91 Å². The van der Waals surface area contributed by atoms with E-state index in [4.69, 9.17) is 0 Å². The summed E-state index contributed by atoms with van der Waals surface area (Å²) in [6.45, 7) is 9.81. The summed E-state index contributed by atoms with van der Waals surface area (Å²) in [5.74, 6) is 0.0173. The lowest BCUT2D eigenvalue weighted by Gasteiger charge is -2.17. The van der Waals surface area contributed by atoms with Crippen molar-refractivity contribution in [2.45, 2.75) is 41.0 Å². The number of nitrogens with one attached hydrogen (secondary N) is 1. The van der Waals surface area contributed by atoms with E-state index < -0.39 is 0 Å². The number of carbonyl (C=O) groups is 2. The van der Waals surface area contributed by atoms with Gasteiger partial charge in [0.25, 0.3) is 0 Å². The molecule has 0 aromatic heterocycles. The molecule has 0 unspecified atom stereocenters. The molecule has 0 aromatic carbocycles. The first-order valence-corrected chi connectivity index (χ1v) is 5.02. The number of hydrogen-bond acceptors (Lipinski definition) is 2. The van der Waals surface area contributed by atoms with E-state index in [0.29, 0.717) is 6.42 Å². The van der Waals surface area contributed by atoms with Crippen molar-refractivity contribution in [3.8, 4) is 0 Å². The van der Waals surface area contributed by atoms with Crippen LogP contribution >= 0.6 is 0 Å². The molecule has 0 aliphatic carbocycles. The smallest absolute Gasteiger partial charge is 0.220 e.